The molecular formula is C16H21FN4O. The molecule has 5 nitrogen and oxygen atoms in total. The van der Waals surface area contributed by atoms with Gasteiger partial charge >= 0.3 is 0 Å². The van der Waals surface area contributed by atoms with Crippen molar-refractivity contribution < 1.29 is 9.50 Å². The number of hydrogen-bond acceptors (Lipinski definition) is 2. The van der Waals surface area contributed by atoms with E-state index in [1.807, 2.05) is 31.3 Å². The van der Waals surface area contributed by atoms with Crippen LogP contribution in [-0.2, 0) is 20.1 Å². The third-order valence-electron chi connectivity index (χ3n) is 3.49. The highest BCUT2D eigenvalue weighted by Gasteiger charge is 2.09. The maximum Gasteiger partial charge on any atom is 0.194 e. The number of guanidine groups is 1. The number of nitrogens with zero attached hydrogens (tertiary/aromatic N) is 3. The highest BCUT2D eigenvalue weighted by Crippen LogP contribution is 2.16. The van der Waals surface area contributed by atoms with E-state index in [2.05, 4.69) is 20.9 Å². The number of nitrogens with one attached hydrogen (secondary N) is 1. The number of halogens is 1. The first-order valence-electron chi connectivity index (χ1n) is 7.00. The summed E-state index contributed by atoms with van der Waals surface area (Å²) in [6.45, 7) is 1.15. The highest BCUT2D eigenvalue weighted by atomic mass is 19.1. The maximum absolute atomic E-state index is 13.3. The number of benzene rings is 1. The Labute approximate surface area is 129 Å². The van der Waals surface area contributed by atoms with Gasteiger partial charge in [0.05, 0.1) is 6.54 Å². The van der Waals surface area contributed by atoms with Crippen molar-refractivity contribution >= 4 is 5.96 Å². The molecule has 6 heteroatoms. The first-order chi connectivity index (χ1) is 10.5. The first-order valence-corrected chi connectivity index (χ1v) is 7.00. The summed E-state index contributed by atoms with van der Waals surface area (Å²) in [4.78, 5) is 6.22. The number of aryl methyl sites for hydroxylation is 1. The van der Waals surface area contributed by atoms with Crippen molar-refractivity contribution in [3.8, 4) is 5.75 Å². The summed E-state index contributed by atoms with van der Waals surface area (Å²) in [5, 5.41) is 12.4. The second-order valence-electron chi connectivity index (χ2n) is 5.15. The van der Waals surface area contributed by atoms with Crippen LogP contribution in [0.25, 0.3) is 0 Å². The lowest BCUT2D eigenvalue weighted by Gasteiger charge is -2.22. The number of phenolic OH excluding ortho intramolecular Hbond substituents is 1. The molecule has 0 aliphatic carbocycles. The average molecular weight is 304 g/mol. The van der Waals surface area contributed by atoms with Gasteiger partial charge in [-0.15, -0.1) is 0 Å². The molecule has 0 saturated carbocycles. The van der Waals surface area contributed by atoms with Gasteiger partial charge in [-0.05, 0) is 29.8 Å². The third kappa shape index (κ3) is 3.78. The lowest BCUT2D eigenvalue weighted by molar-refractivity contribution is 0.431. The van der Waals surface area contributed by atoms with Gasteiger partial charge in [-0.1, -0.05) is 6.07 Å². The van der Waals surface area contributed by atoms with Crippen LogP contribution in [0.2, 0.25) is 0 Å². The van der Waals surface area contributed by atoms with Crippen LogP contribution in [0.1, 0.15) is 11.3 Å². The SMILES string of the molecule is CN=C(NCc1ccc(O)c(F)c1)N(C)Cc1cccn1C. The van der Waals surface area contributed by atoms with Crippen LogP contribution in [0.4, 0.5) is 4.39 Å². The van der Waals surface area contributed by atoms with Crippen molar-refractivity contribution in [2.75, 3.05) is 14.1 Å². The fourth-order valence-corrected chi connectivity index (χ4v) is 2.20. The lowest BCUT2D eigenvalue weighted by Crippen LogP contribution is -2.38. The Bertz CT molecular complexity index is 666. The largest absolute Gasteiger partial charge is 0.505 e. The Kier molecular flexibility index (Phi) is 5.04. The Balaban J connectivity index is 1.97. The third-order valence-corrected chi connectivity index (χ3v) is 3.49. The zero-order valence-corrected chi connectivity index (χ0v) is 13.0. The van der Waals surface area contributed by atoms with Crippen LogP contribution in [0, 0.1) is 5.82 Å². The first kappa shape index (κ1) is 15.9. The Hall–Kier alpha value is -2.50. The molecule has 0 spiro atoms. The van der Waals surface area contributed by atoms with Crippen molar-refractivity contribution in [1.82, 2.24) is 14.8 Å². The summed E-state index contributed by atoms with van der Waals surface area (Å²) < 4.78 is 15.4. The van der Waals surface area contributed by atoms with E-state index in [0.29, 0.717) is 13.1 Å². The van der Waals surface area contributed by atoms with Crippen molar-refractivity contribution in [1.29, 1.82) is 0 Å². The summed E-state index contributed by atoms with van der Waals surface area (Å²) in [5.41, 5.74) is 1.91. The fraction of sp³-hybridized carbons (Fsp3) is 0.312. The van der Waals surface area contributed by atoms with Crippen LogP contribution in [0.3, 0.4) is 0 Å². The van der Waals surface area contributed by atoms with Crippen molar-refractivity contribution in [2.24, 2.45) is 12.0 Å². The van der Waals surface area contributed by atoms with Crippen LogP contribution in [0.5, 0.6) is 5.75 Å². The monoisotopic (exact) mass is 304 g/mol. The summed E-state index contributed by atoms with van der Waals surface area (Å²) in [5.74, 6) is -0.241. The van der Waals surface area contributed by atoms with E-state index in [4.69, 9.17) is 0 Å². The average Bonchev–Trinajstić information content (AvgIpc) is 2.88. The molecule has 0 atom stereocenters. The van der Waals surface area contributed by atoms with E-state index in [-0.39, 0.29) is 5.75 Å². The number of aliphatic imine (C=N–C) groups is 1. The summed E-state index contributed by atoms with van der Waals surface area (Å²) in [6, 6.07) is 8.39. The highest BCUT2D eigenvalue weighted by molar-refractivity contribution is 5.79. The molecule has 0 saturated heterocycles. The van der Waals surface area contributed by atoms with Gasteiger partial charge in [-0.25, -0.2) is 4.39 Å². The molecule has 22 heavy (non-hydrogen) atoms. The standard InChI is InChI=1S/C16H21FN4O/c1-18-16(21(3)11-13-5-4-8-20(13)2)19-10-12-6-7-15(22)14(17)9-12/h4-9,22H,10-11H2,1-3H3,(H,18,19). The van der Waals surface area contributed by atoms with Gasteiger partial charge in [-0.2, -0.15) is 0 Å². The number of rotatable bonds is 4. The summed E-state index contributed by atoms with van der Waals surface area (Å²) in [6.07, 6.45) is 2.00. The van der Waals surface area contributed by atoms with Crippen LogP contribution in [-0.4, -0.2) is 34.6 Å². The molecule has 0 aliphatic heterocycles. The second kappa shape index (κ2) is 6.98. The summed E-state index contributed by atoms with van der Waals surface area (Å²) in [7, 11) is 5.65. The molecule has 1 aromatic carbocycles. The molecular weight excluding hydrogens is 283 g/mol. The van der Waals surface area contributed by atoms with Crippen LogP contribution < -0.4 is 5.32 Å². The topological polar surface area (TPSA) is 52.8 Å². The van der Waals surface area contributed by atoms with Crippen molar-refractivity contribution in [3.05, 3.63) is 53.6 Å². The minimum atomic E-state index is -0.619. The number of hydrogen-bond donors (Lipinski definition) is 2. The zero-order valence-electron chi connectivity index (χ0n) is 13.0. The number of aromatic nitrogens is 1. The molecule has 2 aromatic rings. The van der Waals surface area contributed by atoms with E-state index < -0.39 is 5.82 Å². The Morgan fingerprint density at radius 3 is 2.77 bits per heavy atom. The van der Waals surface area contributed by atoms with Gasteiger partial charge in [0, 0.05) is 39.6 Å². The minimum absolute atomic E-state index is 0.339. The molecule has 1 aromatic heterocycles. The predicted octanol–water partition coefficient (Wildman–Crippen LogP) is 2.08. The summed E-state index contributed by atoms with van der Waals surface area (Å²) >= 11 is 0. The molecule has 0 radical (unpaired) electrons. The Morgan fingerprint density at radius 1 is 1.41 bits per heavy atom. The van der Waals surface area contributed by atoms with Crippen LogP contribution >= 0.6 is 0 Å². The molecule has 118 valence electrons. The van der Waals surface area contributed by atoms with E-state index in [1.165, 1.54) is 17.8 Å². The van der Waals surface area contributed by atoms with E-state index >= 15 is 0 Å². The molecule has 0 aliphatic rings. The van der Waals surface area contributed by atoms with Gasteiger partial charge in [-0.3, -0.25) is 4.99 Å². The fourth-order valence-electron chi connectivity index (χ4n) is 2.20. The second-order valence-corrected chi connectivity index (χ2v) is 5.15. The molecule has 0 amide bonds. The molecule has 1 heterocycles. The quantitative estimate of drug-likeness (QED) is 0.672. The van der Waals surface area contributed by atoms with Crippen molar-refractivity contribution in [3.63, 3.8) is 0 Å². The smallest absolute Gasteiger partial charge is 0.194 e. The normalized spacial score (nSPS) is 11.5. The van der Waals surface area contributed by atoms with Crippen molar-refractivity contribution in [2.45, 2.75) is 13.1 Å². The maximum atomic E-state index is 13.3. The van der Waals surface area contributed by atoms with E-state index in [0.717, 1.165) is 11.5 Å². The van der Waals surface area contributed by atoms with Gasteiger partial charge in [0.2, 0.25) is 0 Å². The van der Waals surface area contributed by atoms with E-state index in [1.54, 1.807) is 13.1 Å². The zero-order chi connectivity index (χ0) is 16.1. The van der Waals surface area contributed by atoms with E-state index in [9.17, 15) is 9.50 Å². The number of aromatic hydroxyl groups is 1. The van der Waals surface area contributed by atoms with Gasteiger partial charge in [0.1, 0.15) is 0 Å². The van der Waals surface area contributed by atoms with Gasteiger partial charge < -0.3 is 19.9 Å². The molecule has 2 rings (SSSR count). The van der Waals surface area contributed by atoms with Gasteiger partial charge in [0.25, 0.3) is 0 Å². The van der Waals surface area contributed by atoms with Gasteiger partial charge in [0.15, 0.2) is 17.5 Å². The van der Waals surface area contributed by atoms with Crippen LogP contribution in [0.15, 0.2) is 41.5 Å². The lowest BCUT2D eigenvalue weighted by atomic mass is 10.2. The molecule has 0 bridgehead atoms. The number of phenols is 1. The molecule has 0 fully saturated rings. The minimum Gasteiger partial charge on any atom is -0.505 e. The Morgan fingerprint density at radius 2 is 2.18 bits per heavy atom. The predicted molar refractivity (Wildman–Crippen MR) is 85.1 cm³/mol. The molecule has 0 unspecified atom stereocenters. The molecule has 2 N–H and O–H groups in total.